The van der Waals surface area contributed by atoms with Crippen LogP contribution in [0.2, 0.25) is 0 Å². The third-order valence-electron chi connectivity index (χ3n) is 3.84. The summed E-state index contributed by atoms with van der Waals surface area (Å²) in [5.74, 6) is -0.0650. The molecule has 1 aromatic carbocycles. The first-order valence-electron chi connectivity index (χ1n) is 7.53. The van der Waals surface area contributed by atoms with Gasteiger partial charge in [-0.05, 0) is 58.0 Å². The lowest BCUT2D eigenvalue weighted by Gasteiger charge is -2.26. The summed E-state index contributed by atoms with van der Waals surface area (Å²) in [5.41, 5.74) is 8.03. The van der Waals surface area contributed by atoms with Crippen LogP contribution in [0.15, 0.2) is 18.2 Å². The second-order valence-electron chi connectivity index (χ2n) is 5.60. The molecule has 0 aromatic heterocycles. The SMILES string of the molecule is Cc1ccc(N)c(C(=O)NCCCN2CCCCC2)c1. The number of benzene rings is 1. The van der Waals surface area contributed by atoms with Crippen molar-refractivity contribution >= 4 is 11.6 Å². The van der Waals surface area contributed by atoms with E-state index in [-0.39, 0.29) is 5.91 Å². The number of nitrogen functional groups attached to an aromatic ring is 1. The fraction of sp³-hybridized carbons (Fsp3) is 0.562. The molecule has 1 aliphatic heterocycles. The van der Waals surface area contributed by atoms with Crippen LogP contribution in [-0.4, -0.2) is 37.0 Å². The predicted octanol–water partition coefficient (Wildman–Crippen LogP) is 2.18. The van der Waals surface area contributed by atoms with Crippen LogP contribution in [0.25, 0.3) is 0 Å². The highest BCUT2D eigenvalue weighted by atomic mass is 16.1. The van der Waals surface area contributed by atoms with Gasteiger partial charge in [-0.2, -0.15) is 0 Å². The van der Waals surface area contributed by atoms with Gasteiger partial charge < -0.3 is 16.0 Å². The molecule has 0 aliphatic carbocycles. The van der Waals surface area contributed by atoms with Gasteiger partial charge in [0.1, 0.15) is 0 Å². The highest BCUT2D eigenvalue weighted by molar-refractivity contribution is 5.99. The van der Waals surface area contributed by atoms with E-state index in [0.29, 0.717) is 17.8 Å². The molecule has 0 spiro atoms. The Morgan fingerprint density at radius 3 is 2.80 bits per heavy atom. The molecule has 0 radical (unpaired) electrons. The summed E-state index contributed by atoms with van der Waals surface area (Å²) in [6, 6.07) is 5.55. The van der Waals surface area contributed by atoms with E-state index >= 15 is 0 Å². The Kier molecular flexibility index (Phi) is 5.41. The first-order chi connectivity index (χ1) is 9.66. The van der Waals surface area contributed by atoms with Gasteiger partial charge in [-0.1, -0.05) is 18.1 Å². The van der Waals surface area contributed by atoms with Gasteiger partial charge in [-0.15, -0.1) is 0 Å². The number of carbonyl (C=O) groups is 1. The fourth-order valence-electron chi connectivity index (χ4n) is 2.65. The number of piperidine rings is 1. The average Bonchev–Trinajstić information content (AvgIpc) is 2.47. The van der Waals surface area contributed by atoms with Gasteiger partial charge >= 0.3 is 0 Å². The molecule has 0 saturated carbocycles. The van der Waals surface area contributed by atoms with Crippen LogP contribution in [0.5, 0.6) is 0 Å². The molecule has 110 valence electrons. The number of amides is 1. The van der Waals surface area contributed by atoms with Crippen molar-refractivity contribution in [3.63, 3.8) is 0 Å². The van der Waals surface area contributed by atoms with Gasteiger partial charge in [-0.25, -0.2) is 0 Å². The second-order valence-corrected chi connectivity index (χ2v) is 5.60. The maximum atomic E-state index is 12.1. The molecule has 1 amide bonds. The molecule has 1 aliphatic rings. The minimum Gasteiger partial charge on any atom is -0.398 e. The minimum absolute atomic E-state index is 0.0650. The lowest BCUT2D eigenvalue weighted by atomic mass is 10.1. The van der Waals surface area contributed by atoms with Crippen molar-refractivity contribution in [3.05, 3.63) is 29.3 Å². The predicted molar refractivity (Wildman–Crippen MR) is 82.8 cm³/mol. The summed E-state index contributed by atoms with van der Waals surface area (Å²) in [5, 5.41) is 2.96. The van der Waals surface area contributed by atoms with Gasteiger partial charge in [0.2, 0.25) is 0 Å². The van der Waals surface area contributed by atoms with E-state index in [1.54, 1.807) is 6.07 Å². The second kappa shape index (κ2) is 7.29. The van der Waals surface area contributed by atoms with E-state index < -0.39 is 0 Å². The molecule has 0 unspecified atom stereocenters. The quantitative estimate of drug-likeness (QED) is 0.639. The summed E-state index contributed by atoms with van der Waals surface area (Å²) < 4.78 is 0. The number of anilines is 1. The molecule has 1 heterocycles. The first kappa shape index (κ1) is 14.9. The number of aryl methyl sites for hydroxylation is 1. The smallest absolute Gasteiger partial charge is 0.253 e. The molecule has 1 saturated heterocycles. The van der Waals surface area contributed by atoms with Crippen molar-refractivity contribution in [1.82, 2.24) is 10.2 Å². The monoisotopic (exact) mass is 275 g/mol. The van der Waals surface area contributed by atoms with Gasteiger partial charge in [0.25, 0.3) is 5.91 Å². The van der Waals surface area contributed by atoms with Crippen molar-refractivity contribution in [2.24, 2.45) is 0 Å². The minimum atomic E-state index is -0.0650. The molecular formula is C16H25N3O. The van der Waals surface area contributed by atoms with Gasteiger partial charge in [0.05, 0.1) is 5.56 Å². The normalized spacial score (nSPS) is 16.1. The third kappa shape index (κ3) is 4.23. The lowest BCUT2D eigenvalue weighted by Crippen LogP contribution is -2.33. The van der Waals surface area contributed by atoms with Gasteiger partial charge in [0, 0.05) is 12.2 Å². The Labute approximate surface area is 121 Å². The van der Waals surface area contributed by atoms with Crippen LogP contribution in [0.1, 0.15) is 41.6 Å². The Hall–Kier alpha value is -1.55. The van der Waals surface area contributed by atoms with Crippen LogP contribution in [0.4, 0.5) is 5.69 Å². The molecule has 1 aromatic rings. The number of hydrogen-bond donors (Lipinski definition) is 2. The lowest BCUT2D eigenvalue weighted by molar-refractivity contribution is 0.0952. The van der Waals surface area contributed by atoms with E-state index in [9.17, 15) is 4.79 Å². The summed E-state index contributed by atoms with van der Waals surface area (Å²) in [6.45, 7) is 6.16. The van der Waals surface area contributed by atoms with E-state index in [4.69, 9.17) is 5.73 Å². The van der Waals surface area contributed by atoms with Crippen molar-refractivity contribution in [2.45, 2.75) is 32.6 Å². The van der Waals surface area contributed by atoms with Crippen LogP contribution in [0, 0.1) is 6.92 Å². The molecule has 2 rings (SSSR count). The number of nitrogens with one attached hydrogen (secondary N) is 1. The van der Waals surface area contributed by atoms with E-state index in [1.807, 2.05) is 19.1 Å². The Morgan fingerprint density at radius 2 is 2.05 bits per heavy atom. The number of hydrogen-bond acceptors (Lipinski definition) is 3. The summed E-state index contributed by atoms with van der Waals surface area (Å²) in [4.78, 5) is 14.5. The maximum Gasteiger partial charge on any atom is 0.253 e. The van der Waals surface area contributed by atoms with E-state index in [0.717, 1.165) is 18.5 Å². The summed E-state index contributed by atoms with van der Waals surface area (Å²) in [7, 11) is 0. The zero-order chi connectivity index (χ0) is 14.4. The standard InChI is InChI=1S/C16H25N3O/c1-13-6-7-15(17)14(12-13)16(20)18-8-5-11-19-9-3-2-4-10-19/h6-7,12H,2-5,8-11,17H2,1H3,(H,18,20). The number of nitrogens with two attached hydrogens (primary N) is 1. The largest absolute Gasteiger partial charge is 0.398 e. The number of likely N-dealkylation sites (tertiary alicyclic amines) is 1. The van der Waals surface area contributed by atoms with Crippen molar-refractivity contribution in [3.8, 4) is 0 Å². The van der Waals surface area contributed by atoms with Crippen molar-refractivity contribution in [2.75, 3.05) is 31.9 Å². The van der Waals surface area contributed by atoms with Gasteiger partial charge in [0.15, 0.2) is 0 Å². The zero-order valence-electron chi connectivity index (χ0n) is 12.3. The number of rotatable bonds is 5. The highest BCUT2D eigenvalue weighted by Gasteiger charge is 2.11. The molecule has 4 nitrogen and oxygen atoms in total. The third-order valence-corrected chi connectivity index (χ3v) is 3.84. The summed E-state index contributed by atoms with van der Waals surface area (Å²) in [6.07, 6.45) is 4.98. The molecular weight excluding hydrogens is 250 g/mol. The van der Waals surface area contributed by atoms with Gasteiger partial charge in [-0.3, -0.25) is 4.79 Å². The summed E-state index contributed by atoms with van der Waals surface area (Å²) >= 11 is 0. The van der Waals surface area contributed by atoms with Crippen LogP contribution in [0.3, 0.4) is 0 Å². The first-order valence-corrected chi connectivity index (χ1v) is 7.53. The fourth-order valence-corrected chi connectivity index (χ4v) is 2.65. The average molecular weight is 275 g/mol. The van der Waals surface area contributed by atoms with Crippen molar-refractivity contribution < 1.29 is 4.79 Å². The van der Waals surface area contributed by atoms with Crippen LogP contribution < -0.4 is 11.1 Å². The Morgan fingerprint density at radius 1 is 1.30 bits per heavy atom. The van der Waals surface area contributed by atoms with E-state index in [1.165, 1.54) is 32.4 Å². The molecule has 0 atom stereocenters. The maximum absolute atomic E-state index is 12.1. The number of nitrogens with zero attached hydrogens (tertiary/aromatic N) is 1. The molecule has 3 N–H and O–H groups in total. The zero-order valence-corrected chi connectivity index (χ0v) is 12.3. The molecule has 20 heavy (non-hydrogen) atoms. The topological polar surface area (TPSA) is 58.4 Å². The number of carbonyl (C=O) groups excluding carboxylic acids is 1. The van der Waals surface area contributed by atoms with Crippen LogP contribution >= 0.6 is 0 Å². The van der Waals surface area contributed by atoms with Crippen LogP contribution in [-0.2, 0) is 0 Å². The Balaban J connectivity index is 1.73. The molecule has 4 heteroatoms. The van der Waals surface area contributed by atoms with Crippen molar-refractivity contribution in [1.29, 1.82) is 0 Å². The van der Waals surface area contributed by atoms with E-state index in [2.05, 4.69) is 10.2 Å². The Bertz CT molecular complexity index is 453. The highest BCUT2D eigenvalue weighted by Crippen LogP contribution is 2.13. The molecule has 0 bridgehead atoms. The molecule has 1 fully saturated rings.